The van der Waals surface area contributed by atoms with Gasteiger partial charge in [0, 0.05) is 24.9 Å². The lowest BCUT2D eigenvalue weighted by Crippen LogP contribution is -2.40. The van der Waals surface area contributed by atoms with Crippen LogP contribution in [-0.2, 0) is 16.0 Å². The summed E-state index contributed by atoms with van der Waals surface area (Å²) in [4.78, 5) is 15.3. The molecule has 2 N–H and O–H groups in total. The Hall–Kier alpha value is -2.93. The first-order valence-electron chi connectivity index (χ1n) is 9.51. The Labute approximate surface area is 175 Å². The van der Waals surface area contributed by atoms with Gasteiger partial charge in [-0.1, -0.05) is 18.2 Å². The normalized spacial score (nSPS) is 11.8. The molecule has 29 heavy (non-hydrogen) atoms. The summed E-state index contributed by atoms with van der Waals surface area (Å²) in [6.45, 7) is 6.06. The molecule has 152 valence electrons. The number of pyridine rings is 1. The number of nitrogens with zero attached hydrogens (tertiary/aromatic N) is 1. The smallest absolute Gasteiger partial charge is 0.302 e. The monoisotopic (exact) mass is 411 g/mol. The minimum Gasteiger partial charge on any atom is -0.464 e. The number of rotatable bonds is 7. The highest BCUT2D eigenvalue weighted by molar-refractivity contribution is 7.80. The Morgan fingerprint density at radius 2 is 2.07 bits per heavy atom. The molecule has 7 heteroatoms. The average molecular weight is 412 g/mol. The van der Waals surface area contributed by atoms with Crippen molar-refractivity contribution in [2.75, 3.05) is 13.2 Å². The van der Waals surface area contributed by atoms with E-state index < -0.39 is 0 Å². The van der Waals surface area contributed by atoms with Gasteiger partial charge in [-0.05, 0) is 55.4 Å². The van der Waals surface area contributed by atoms with Gasteiger partial charge in [0.05, 0.1) is 18.1 Å². The molecule has 1 atom stereocenters. The molecule has 0 spiro atoms. The van der Waals surface area contributed by atoms with Crippen molar-refractivity contribution >= 4 is 34.2 Å². The van der Waals surface area contributed by atoms with Crippen LogP contribution in [0.3, 0.4) is 0 Å². The molecular weight excluding hydrogens is 386 g/mol. The van der Waals surface area contributed by atoms with E-state index in [2.05, 4.69) is 21.7 Å². The molecule has 0 radical (unpaired) electrons. The van der Waals surface area contributed by atoms with Crippen LogP contribution in [0.15, 0.2) is 47.0 Å². The van der Waals surface area contributed by atoms with Crippen molar-refractivity contribution in [2.45, 2.75) is 33.2 Å². The highest BCUT2D eigenvalue weighted by Crippen LogP contribution is 2.26. The number of aromatic nitrogens is 1. The predicted molar refractivity (Wildman–Crippen MR) is 117 cm³/mol. The number of benzene rings is 1. The number of thiocarbonyl (C=S) groups is 1. The molecule has 6 nitrogen and oxygen atoms in total. The van der Waals surface area contributed by atoms with Crippen molar-refractivity contribution in [3.63, 3.8) is 0 Å². The minimum absolute atomic E-state index is 0.151. The highest BCUT2D eigenvalue weighted by Gasteiger charge is 2.19. The number of aryl methyl sites for hydroxylation is 2. The van der Waals surface area contributed by atoms with Gasteiger partial charge in [0.1, 0.15) is 18.1 Å². The fourth-order valence-corrected chi connectivity index (χ4v) is 3.36. The number of carbonyl (C=O) groups excluding carboxylic acids is 1. The van der Waals surface area contributed by atoms with E-state index in [-0.39, 0.29) is 18.6 Å². The molecule has 0 amide bonds. The summed E-state index contributed by atoms with van der Waals surface area (Å²) in [6, 6.07) is 12.0. The van der Waals surface area contributed by atoms with E-state index in [9.17, 15) is 4.79 Å². The Balaban J connectivity index is 1.78. The van der Waals surface area contributed by atoms with Gasteiger partial charge in [-0.2, -0.15) is 0 Å². The fraction of sp³-hybridized carbons (Fsp3) is 0.318. The SMILES string of the molecule is CC(=O)OCCNC(=S)NC(Cc1ccnc2ccccc12)c1cc(C)c(C)o1. The van der Waals surface area contributed by atoms with Crippen LogP contribution < -0.4 is 10.6 Å². The molecule has 1 aromatic carbocycles. The van der Waals surface area contributed by atoms with Crippen LogP contribution >= 0.6 is 12.2 Å². The minimum atomic E-state index is -0.311. The molecule has 2 heterocycles. The Morgan fingerprint density at radius 3 is 2.79 bits per heavy atom. The topological polar surface area (TPSA) is 76.4 Å². The number of para-hydroxylation sites is 1. The van der Waals surface area contributed by atoms with E-state index >= 15 is 0 Å². The molecular formula is C22H25N3O3S. The summed E-state index contributed by atoms with van der Waals surface area (Å²) in [6.07, 6.45) is 2.50. The van der Waals surface area contributed by atoms with Gasteiger partial charge in [0.2, 0.25) is 0 Å². The Kier molecular flexibility index (Phi) is 6.82. The maximum Gasteiger partial charge on any atom is 0.302 e. The maximum absolute atomic E-state index is 10.9. The number of furan rings is 1. The van der Waals surface area contributed by atoms with Gasteiger partial charge in [0.15, 0.2) is 5.11 Å². The summed E-state index contributed by atoms with van der Waals surface area (Å²) >= 11 is 5.44. The van der Waals surface area contributed by atoms with Crippen LogP contribution in [0.1, 0.15) is 35.6 Å². The zero-order valence-electron chi connectivity index (χ0n) is 16.8. The second-order valence-corrected chi connectivity index (χ2v) is 7.28. The van der Waals surface area contributed by atoms with Gasteiger partial charge >= 0.3 is 5.97 Å². The average Bonchev–Trinajstić information content (AvgIpc) is 3.03. The van der Waals surface area contributed by atoms with Crippen LogP contribution in [-0.4, -0.2) is 29.2 Å². The zero-order valence-corrected chi connectivity index (χ0v) is 17.6. The van der Waals surface area contributed by atoms with Crippen LogP contribution in [0.5, 0.6) is 0 Å². The lowest BCUT2D eigenvalue weighted by atomic mass is 10.00. The van der Waals surface area contributed by atoms with Crippen molar-refractivity contribution in [3.05, 3.63) is 65.2 Å². The molecule has 0 aliphatic rings. The number of carbonyl (C=O) groups is 1. The number of ether oxygens (including phenoxy) is 1. The summed E-state index contributed by atoms with van der Waals surface area (Å²) in [5.41, 5.74) is 3.21. The summed E-state index contributed by atoms with van der Waals surface area (Å²) in [7, 11) is 0. The van der Waals surface area contributed by atoms with E-state index in [0.29, 0.717) is 18.1 Å². The zero-order chi connectivity index (χ0) is 20.8. The molecule has 0 fully saturated rings. The second kappa shape index (κ2) is 9.52. The summed E-state index contributed by atoms with van der Waals surface area (Å²) in [5.74, 6) is 1.40. The Morgan fingerprint density at radius 1 is 1.28 bits per heavy atom. The summed E-state index contributed by atoms with van der Waals surface area (Å²) < 4.78 is 10.9. The quantitative estimate of drug-likeness (QED) is 0.348. The predicted octanol–water partition coefficient (Wildman–Crippen LogP) is 3.76. The molecule has 0 aliphatic carbocycles. The standard InChI is InChI=1S/C22H25N3O3S/c1-14-12-21(28-15(14)2)20(25-22(29)24-10-11-27-16(3)26)13-17-8-9-23-19-7-5-4-6-18(17)19/h4-9,12,20H,10-11,13H2,1-3H3,(H2,24,25,29). The van der Waals surface area contributed by atoms with E-state index in [1.165, 1.54) is 6.92 Å². The number of hydrogen-bond acceptors (Lipinski definition) is 5. The Bertz CT molecular complexity index is 991. The third kappa shape index (κ3) is 5.54. The van der Waals surface area contributed by atoms with Gasteiger partial charge in [0.25, 0.3) is 0 Å². The van der Waals surface area contributed by atoms with Crippen LogP contribution in [0.2, 0.25) is 0 Å². The maximum atomic E-state index is 10.9. The fourth-order valence-electron chi connectivity index (χ4n) is 3.12. The first-order chi connectivity index (χ1) is 13.9. The van der Waals surface area contributed by atoms with Crippen molar-refractivity contribution < 1.29 is 13.9 Å². The van der Waals surface area contributed by atoms with Gasteiger partial charge in [-0.25, -0.2) is 0 Å². The second-order valence-electron chi connectivity index (χ2n) is 6.87. The highest BCUT2D eigenvalue weighted by atomic mass is 32.1. The van der Waals surface area contributed by atoms with E-state index in [1.54, 1.807) is 0 Å². The van der Waals surface area contributed by atoms with Gasteiger partial charge < -0.3 is 19.8 Å². The lowest BCUT2D eigenvalue weighted by Gasteiger charge is -2.20. The number of nitrogens with one attached hydrogen (secondary N) is 2. The first-order valence-corrected chi connectivity index (χ1v) is 9.92. The molecule has 1 unspecified atom stereocenters. The molecule has 3 aromatic rings. The van der Waals surface area contributed by atoms with Crippen LogP contribution in [0.25, 0.3) is 10.9 Å². The number of esters is 1. The number of hydrogen-bond donors (Lipinski definition) is 2. The van der Waals surface area contributed by atoms with Gasteiger partial charge in [-0.3, -0.25) is 9.78 Å². The van der Waals surface area contributed by atoms with Crippen molar-refractivity contribution in [1.29, 1.82) is 0 Å². The van der Waals surface area contributed by atoms with Crippen molar-refractivity contribution in [2.24, 2.45) is 0 Å². The molecule has 0 saturated heterocycles. The van der Waals surface area contributed by atoms with Crippen molar-refractivity contribution in [3.8, 4) is 0 Å². The van der Waals surface area contributed by atoms with E-state index in [0.717, 1.165) is 33.6 Å². The molecule has 0 bridgehead atoms. The molecule has 2 aromatic heterocycles. The first kappa shape index (κ1) is 20.8. The third-order valence-corrected chi connectivity index (χ3v) is 4.95. The van der Waals surface area contributed by atoms with Crippen molar-refractivity contribution in [1.82, 2.24) is 15.6 Å². The van der Waals surface area contributed by atoms with E-state index in [1.807, 2.05) is 50.4 Å². The lowest BCUT2D eigenvalue weighted by molar-refractivity contribution is -0.140. The van der Waals surface area contributed by atoms with Crippen LogP contribution in [0, 0.1) is 13.8 Å². The molecule has 0 aliphatic heterocycles. The van der Waals surface area contributed by atoms with E-state index in [4.69, 9.17) is 21.4 Å². The largest absolute Gasteiger partial charge is 0.464 e. The summed E-state index contributed by atoms with van der Waals surface area (Å²) in [5, 5.41) is 8.00. The van der Waals surface area contributed by atoms with Gasteiger partial charge in [-0.15, -0.1) is 0 Å². The third-order valence-electron chi connectivity index (χ3n) is 4.69. The number of fused-ring (bicyclic) bond motifs is 1. The molecule has 3 rings (SSSR count). The molecule has 0 saturated carbocycles. The van der Waals surface area contributed by atoms with Crippen LogP contribution in [0.4, 0.5) is 0 Å².